The maximum absolute atomic E-state index is 12.2. The third-order valence-corrected chi connectivity index (χ3v) is 3.32. The molecule has 1 heterocycles. The summed E-state index contributed by atoms with van der Waals surface area (Å²) in [4.78, 5) is 23.0. The Labute approximate surface area is 131 Å². The summed E-state index contributed by atoms with van der Waals surface area (Å²) in [6, 6.07) is 7.58. The van der Waals surface area contributed by atoms with Gasteiger partial charge in [-0.3, -0.25) is 4.79 Å². The summed E-state index contributed by atoms with van der Waals surface area (Å²) in [5, 5.41) is 0. The van der Waals surface area contributed by atoms with Crippen molar-refractivity contribution < 1.29 is 9.53 Å². The van der Waals surface area contributed by atoms with E-state index in [4.69, 9.17) is 4.74 Å². The highest BCUT2D eigenvalue weighted by atomic mass is 16.5. The zero-order valence-corrected chi connectivity index (χ0v) is 13.5. The number of Topliss-reactive ketones (excluding diaryl/α,β-unsaturated/α-hetero) is 1. The molecule has 0 aliphatic rings. The number of methoxy groups -OCH3 is 1. The molecule has 0 N–H and O–H groups in total. The highest BCUT2D eigenvalue weighted by molar-refractivity contribution is 6.00. The third kappa shape index (κ3) is 3.24. The number of benzene rings is 1. The van der Waals surface area contributed by atoms with Gasteiger partial charge in [0.2, 0.25) is 0 Å². The lowest BCUT2D eigenvalue weighted by atomic mass is 10.1. The molecule has 0 saturated carbocycles. The number of carbonyl (C=O) groups is 1. The molecule has 1 aromatic carbocycles. The molecule has 116 valence electrons. The van der Waals surface area contributed by atoms with Crippen LogP contribution in [-0.4, -0.2) is 37.0 Å². The van der Waals surface area contributed by atoms with Crippen LogP contribution in [0.4, 0.5) is 5.82 Å². The molecular weight excluding hydrogens is 278 g/mol. The smallest absolute Gasteiger partial charge is 0.168 e. The molecule has 0 aliphatic carbocycles. The van der Waals surface area contributed by atoms with E-state index in [1.165, 1.54) is 0 Å². The number of ketones is 1. The van der Waals surface area contributed by atoms with Gasteiger partial charge in [-0.1, -0.05) is 19.1 Å². The van der Waals surface area contributed by atoms with Crippen LogP contribution < -0.4 is 9.64 Å². The number of anilines is 1. The van der Waals surface area contributed by atoms with Crippen LogP contribution in [0.5, 0.6) is 5.75 Å². The van der Waals surface area contributed by atoms with Crippen LogP contribution in [0, 0.1) is 0 Å². The summed E-state index contributed by atoms with van der Waals surface area (Å²) in [6.45, 7) is 1.98. The Hall–Kier alpha value is -2.43. The van der Waals surface area contributed by atoms with Gasteiger partial charge in [0.05, 0.1) is 18.2 Å². The standard InChI is InChI=1S/C17H21N3O2/c1-5-8-14(21)13-11-18-16(19-17(13)20(2)3)12-9-6-7-10-15(12)22-4/h6-7,9-11H,5,8H2,1-4H3. The van der Waals surface area contributed by atoms with Gasteiger partial charge >= 0.3 is 0 Å². The molecule has 0 radical (unpaired) electrons. The van der Waals surface area contributed by atoms with E-state index < -0.39 is 0 Å². The molecule has 0 saturated heterocycles. The molecule has 0 bridgehead atoms. The van der Waals surface area contributed by atoms with E-state index in [1.807, 2.05) is 50.2 Å². The first-order chi connectivity index (χ1) is 10.6. The lowest BCUT2D eigenvalue weighted by Gasteiger charge is -2.16. The molecule has 0 amide bonds. The molecule has 2 aromatic rings. The van der Waals surface area contributed by atoms with E-state index >= 15 is 0 Å². The fourth-order valence-corrected chi connectivity index (χ4v) is 2.23. The molecule has 0 unspecified atom stereocenters. The first kappa shape index (κ1) is 15.9. The van der Waals surface area contributed by atoms with E-state index in [9.17, 15) is 4.79 Å². The number of ether oxygens (including phenoxy) is 1. The normalized spacial score (nSPS) is 10.4. The van der Waals surface area contributed by atoms with Gasteiger partial charge < -0.3 is 9.64 Å². The van der Waals surface area contributed by atoms with Crippen molar-refractivity contribution in [2.75, 3.05) is 26.1 Å². The molecule has 22 heavy (non-hydrogen) atoms. The van der Waals surface area contributed by atoms with Gasteiger partial charge in [-0.05, 0) is 18.6 Å². The van der Waals surface area contributed by atoms with Crippen molar-refractivity contribution in [2.45, 2.75) is 19.8 Å². The van der Waals surface area contributed by atoms with E-state index in [0.29, 0.717) is 29.4 Å². The largest absolute Gasteiger partial charge is 0.496 e. The predicted octanol–water partition coefficient (Wildman–Crippen LogP) is 3.20. The second kappa shape index (κ2) is 7.02. The van der Waals surface area contributed by atoms with Crippen molar-refractivity contribution in [3.8, 4) is 17.1 Å². The number of hydrogen-bond donors (Lipinski definition) is 0. The maximum atomic E-state index is 12.2. The van der Waals surface area contributed by atoms with Gasteiger partial charge in [0.25, 0.3) is 0 Å². The minimum Gasteiger partial charge on any atom is -0.496 e. The van der Waals surface area contributed by atoms with E-state index in [-0.39, 0.29) is 5.78 Å². The first-order valence-electron chi connectivity index (χ1n) is 7.29. The highest BCUT2D eigenvalue weighted by Gasteiger charge is 2.17. The lowest BCUT2D eigenvalue weighted by Crippen LogP contribution is -2.17. The van der Waals surface area contributed by atoms with Crippen molar-refractivity contribution >= 4 is 11.6 Å². The summed E-state index contributed by atoms with van der Waals surface area (Å²) < 4.78 is 5.36. The average molecular weight is 299 g/mol. The van der Waals surface area contributed by atoms with Gasteiger partial charge in [-0.25, -0.2) is 9.97 Å². The van der Waals surface area contributed by atoms with E-state index in [0.717, 1.165) is 12.0 Å². The van der Waals surface area contributed by atoms with Gasteiger partial charge in [-0.2, -0.15) is 0 Å². The summed E-state index contributed by atoms with van der Waals surface area (Å²) in [7, 11) is 5.36. The predicted molar refractivity (Wildman–Crippen MR) is 87.6 cm³/mol. The Morgan fingerprint density at radius 2 is 2.00 bits per heavy atom. The second-order valence-corrected chi connectivity index (χ2v) is 5.20. The quantitative estimate of drug-likeness (QED) is 0.767. The fraction of sp³-hybridized carbons (Fsp3) is 0.353. The van der Waals surface area contributed by atoms with Crippen molar-refractivity contribution in [1.29, 1.82) is 0 Å². The molecule has 1 aromatic heterocycles. The molecule has 0 atom stereocenters. The molecule has 2 rings (SSSR count). The summed E-state index contributed by atoms with van der Waals surface area (Å²) in [6.07, 6.45) is 2.92. The minimum atomic E-state index is 0.0674. The van der Waals surface area contributed by atoms with Gasteiger partial charge in [0.1, 0.15) is 11.6 Å². The summed E-state index contributed by atoms with van der Waals surface area (Å²) >= 11 is 0. The first-order valence-corrected chi connectivity index (χ1v) is 7.29. The van der Waals surface area contributed by atoms with E-state index in [1.54, 1.807) is 13.3 Å². The monoisotopic (exact) mass is 299 g/mol. The van der Waals surface area contributed by atoms with Crippen LogP contribution in [0.25, 0.3) is 11.4 Å². The Balaban J connectivity index is 2.52. The van der Waals surface area contributed by atoms with Gasteiger partial charge in [0, 0.05) is 26.7 Å². The van der Waals surface area contributed by atoms with Crippen molar-refractivity contribution in [3.05, 3.63) is 36.0 Å². The number of para-hydroxylation sites is 1. The SMILES string of the molecule is CCCC(=O)c1cnc(-c2ccccc2OC)nc1N(C)C. The Bertz CT molecular complexity index is 669. The Morgan fingerprint density at radius 3 is 2.64 bits per heavy atom. The number of hydrogen-bond acceptors (Lipinski definition) is 5. The van der Waals surface area contributed by atoms with Crippen LogP contribution in [0.1, 0.15) is 30.1 Å². The van der Waals surface area contributed by atoms with Gasteiger partial charge in [0.15, 0.2) is 11.6 Å². The van der Waals surface area contributed by atoms with Crippen LogP contribution in [0.3, 0.4) is 0 Å². The average Bonchev–Trinajstić information content (AvgIpc) is 2.54. The highest BCUT2D eigenvalue weighted by Crippen LogP contribution is 2.29. The van der Waals surface area contributed by atoms with Crippen LogP contribution >= 0.6 is 0 Å². The molecule has 0 aliphatic heterocycles. The van der Waals surface area contributed by atoms with Crippen LogP contribution in [0.15, 0.2) is 30.5 Å². The Kier molecular flexibility index (Phi) is 5.09. The topological polar surface area (TPSA) is 55.3 Å². The molecular formula is C17H21N3O2. The van der Waals surface area contributed by atoms with Crippen LogP contribution in [0.2, 0.25) is 0 Å². The Morgan fingerprint density at radius 1 is 1.27 bits per heavy atom. The molecule has 0 spiro atoms. The number of aromatic nitrogens is 2. The molecule has 0 fully saturated rings. The third-order valence-electron chi connectivity index (χ3n) is 3.32. The number of carbonyl (C=O) groups excluding carboxylic acids is 1. The van der Waals surface area contributed by atoms with Crippen molar-refractivity contribution in [3.63, 3.8) is 0 Å². The van der Waals surface area contributed by atoms with Crippen molar-refractivity contribution in [2.24, 2.45) is 0 Å². The zero-order chi connectivity index (χ0) is 16.1. The van der Waals surface area contributed by atoms with Crippen LogP contribution in [-0.2, 0) is 0 Å². The van der Waals surface area contributed by atoms with Gasteiger partial charge in [-0.15, -0.1) is 0 Å². The molecule has 5 nitrogen and oxygen atoms in total. The van der Waals surface area contributed by atoms with E-state index in [2.05, 4.69) is 9.97 Å². The lowest BCUT2D eigenvalue weighted by molar-refractivity contribution is 0.0981. The second-order valence-electron chi connectivity index (χ2n) is 5.20. The summed E-state index contributed by atoms with van der Waals surface area (Å²) in [5.74, 6) is 1.96. The molecule has 5 heteroatoms. The zero-order valence-electron chi connectivity index (χ0n) is 13.5. The summed E-state index contributed by atoms with van der Waals surface area (Å²) in [5.41, 5.74) is 1.37. The number of rotatable bonds is 6. The number of nitrogens with zero attached hydrogens (tertiary/aromatic N) is 3. The minimum absolute atomic E-state index is 0.0674. The van der Waals surface area contributed by atoms with Crippen molar-refractivity contribution in [1.82, 2.24) is 9.97 Å². The maximum Gasteiger partial charge on any atom is 0.168 e. The fourth-order valence-electron chi connectivity index (χ4n) is 2.23.